The quantitative estimate of drug-likeness (QED) is 0.892. The monoisotopic (exact) mass is 252 g/mol. The third-order valence-corrected chi connectivity index (χ3v) is 3.93. The molecule has 0 bridgehead atoms. The molecule has 0 atom stereocenters. The van der Waals surface area contributed by atoms with Crippen LogP contribution in [0.2, 0.25) is 0 Å². The van der Waals surface area contributed by atoms with Crippen LogP contribution in [0.3, 0.4) is 0 Å². The second-order valence-electron chi connectivity index (χ2n) is 4.60. The topological polar surface area (TPSA) is 32.3 Å². The zero-order valence-electron chi connectivity index (χ0n) is 10.3. The van der Waals surface area contributed by atoms with Gasteiger partial charge in [-0.15, -0.1) is 0 Å². The molecule has 0 aromatic carbocycles. The SMILES string of the molecule is CCCN1CCC(NC(=O)c2ccsc2)CC1. The van der Waals surface area contributed by atoms with Crippen molar-refractivity contribution < 1.29 is 4.79 Å². The lowest BCUT2D eigenvalue weighted by atomic mass is 10.0. The Kier molecular flexibility index (Phi) is 4.57. The number of thiophene rings is 1. The maximum absolute atomic E-state index is 11.9. The normalized spacial score (nSPS) is 18.2. The molecule has 0 unspecified atom stereocenters. The Bertz CT molecular complexity index is 342. The van der Waals surface area contributed by atoms with E-state index >= 15 is 0 Å². The van der Waals surface area contributed by atoms with Gasteiger partial charge in [0.15, 0.2) is 0 Å². The van der Waals surface area contributed by atoms with E-state index in [1.165, 1.54) is 13.0 Å². The van der Waals surface area contributed by atoms with E-state index in [4.69, 9.17) is 0 Å². The predicted octanol–water partition coefficient (Wildman–Crippen LogP) is 2.35. The molecule has 1 aliphatic rings. The van der Waals surface area contributed by atoms with Gasteiger partial charge in [-0.25, -0.2) is 0 Å². The lowest BCUT2D eigenvalue weighted by Crippen LogP contribution is -2.44. The summed E-state index contributed by atoms with van der Waals surface area (Å²) >= 11 is 1.57. The zero-order valence-corrected chi connectivity index (χ0v) is 11.1. The molecule has 1 saturated heterocycles. The first-order chi connectivity index (χ1) is 8.29. The van der Waals surface area contributed by atoms with Crippen molar-refractivity contribution in [2.24, 2.45) is 0 Å². The molecule has 1 aromatic heterocycles. The van der Waals surface area contributed by atoms with Gasteiger partial charge >= 0.3 is 0 Å². The molecule has 0 radical (unpaired) electrons. The van der Waals surface area contributed by atoms with Crippen molar-refractivity contribution in [2.75, 3.05) is 19.6 Å². The Morgan fingerprint density at radius 3 is 2.88 bits per heavy atom. The van der Waals surface area contributed by atoms with E-state index in [0.29, 0.717) is 6.04 Å². The predicted molar refractivity (Wildman–Crippen MR) is 71.5 cm³/mol. The first kappa shape index (κ1) is 12.6. The molecule has 1 N–H and O–H groups in total. The van der Waals surface area contributed by atoms with Gasteiger partial charge in [-0.05, 0) is 37.3 Å². The Labute approximate surface area is 107 Å². The molecular weight excluding hydrogens is 232 g/mol. The van der Waals surface area contributed by atoms with Gasteiger partial charge in [0, 0.05) is 30.1 Å². The summed E-state index contributed by atoms with van der Waals surface area (Å²) < 4.78 is 0. The average molecular weight is 252 g/mol. The summed E-state index contributed by atoms with van der Waals surface area (Å²) in [6.07, 6.45) is 3.37. The Morgan fingerprint density at radius 1 is 1.53 bits per heavy atom. The largest absolute Gasteiger partial charge is 0.349 e. The molecule has 0 spiro atoms. The van der Waals surface area contributed by atoms with Crippen molar-refractivity contribution in [3.05, 3.63) is 22.4 Å². The molecule has 2 rings (SSSR count). The second kappa shape index (κ2) is 6.17. The highest BCUT2D eigenvalue weighted by Crippen LogP contribution is 2.12. The summed E-state index contributed by atoms with van der Waals surface area (Å²) in [6.45, 7) is 5.63. The van der Waals surface area contributed by atoms with Crippen molar-refractivity contribution >= 4 is 17.2 Å². The highest BCUT2D eigenvalue weighted by Gasteiger charge is 2.20. The van der Waals surface area contributed by atoms with Gasteiger partial charge in [0.1, 0.15) is 0 Å². The lowest BCUT2D eigenvalue weighted by Gasteiger charge is -2.32. The smallest absolute Gasteiger partial charge is 0.252 e. The van der Waals surface area contributed by atoms with Crippen LogP contribution >= 0.6 is 11.3 Å². The zero-order chi connectivity index (χ0) is 12.1. The van der Waals surface area contributed by atoms with E-state index in [2.05, 4.69) is 17.1 Å². The van der Waals surface area contributed by atoms with Crippen LogP contribution in [0, 0.1) is 0 Å². The Hall–Kier alpha value is -0.870. The number of nitrogens with one attached hydrogen (secondary N) is 1. The number of rotatable bonds is 4. The maximum Gasteiger partial charge on any atom is 0.252 e. The highest BCUT2D eigenvalue weighted by molar-refractivity contribution is 7.08. The summed E-state index contributed by atoms with van der Waals surface area (Å²) in [5.41, 5.74) is 0.797. The van der Waals surface area contributed by atoms with Crippen molar-refractivity contribution in [1.29, 1.82) is 0 Å². The minimum atomic E-state index is 0.0835. The van der Waals surface area contributed by atoms with Gasteiger partial charge < -0.3 is 10.2 Å². The molecule has 1 fully saturated rings. The van der Waals surface area contributed by atoms with Crippen LogP contribution in [0.5, 0.6) is 0 Å². The number of carbonyl (C=O) groups excluding carboxylic acids is 1. The molecule has 17 heavy (non-hydrogen) atoms. The summed E-state index contributed by atoms with van der Waals surface area (Å²) in [6, 6.07) is 2.24. The fourth-order valence-electron chi connectivity index (χ4n) is 2.28. The van der Waals surface area contributed by atoms with Crippen molar-refractivity contribution in [3.63, 3.8) is 0 Å². The fraction of sp³-hybridized carbons (Fsp3) is 0.615. The summed E-state index contributed by atoms with van der Waals surface area (Å²) in [5.74, 6) is 0.0835. The summed E-state index contributed by atoms with van der Waals surface area (Å²) in [7, 11) is 0. The second-order valence-corrected chi connectivity index (χ2v) is 5.38. The van der Waals surface area contributed by atoms with Crippen molar-refractivity contribution in [1.82, 2.24) is 10.2 Å². The number of piperidine rings is 1. The van der Waals surface area contributed by atoms with E-state index < -0.39 is 0 Å². The van der Waals surface area contributed by atoms with E-state index in [1.54, 1.807) is 11.3 Å². The van der Waals surface area contributed by atoms with E-state index in [9.17, 15) is 4.79 Å². The van der Waals surface area contributed by atoms with E-state index in [1.807, 2.05) is 16.8 Å². The standard InChI is InChI=1S/C13H20N2OS/c1-2-6-15-7-3-12(4-8-15)14-13(16)11-5-9-17-10-11/h5,9-10,12H,2-4,6-8H2,1H3,(H,14,16). The number of carbonyl (C=O) groups is 1. The molecule has 3 nitrogen and oxygen atoms in total. The molecule has 1 amide bonds. The Morgan fingerprint density at radius 2 is 2.29 bits per heavy atom. The van der Waals surface area contributed by atoms with Gasteiger partial charge in [0.05, 0.1) is 0 Å². The summed E-state index contributed by atoms with van der Waals surface area (Å²) in [4.78, 5) is 14.3. The summed E-state index contributed by atoms with van der Waals surface area (Å²) in [5, 5.41) is 6.97. The van der Waals surface area contributed by atoms with E-state index in [-0.39, 0.29) is 5.91 Å². The number of hydrogen-bond donors (Lipinski definition) is 1. The van der Waals surface area contributed by atoms with Crippen LogP contribution in [-0.2, 0) is 0 Å². The van der Waals surface area contributed by atoms with Gasteiger partial charge in [-0.2, -0.15) is 11.3 Å². The lowest BCUT2D eigenvalue weighted by molar-refractivity contribution is 0.0911. The van der Waals surface area contributed by atoms with Gasteiger partial charge in [-0.1, -0.05) is 6.92 Å². The van der Waals surface area contributed by atoms with Crippen LogP contribution in [-0.4, -0.2) is 36.5 Å². The molecule has 2 heterocycles. The van der Waals surface area contributed by atoms with Crippen LogP contribution in [0.1, 0.15) is 36.5 Å². The molecule has 0 aliphatic carbocycles. The third-order valence-electron chi connectivity index (χ3n) is 3.25. The third kappa shape index (κ3) is 3.54. The maximum atomic E-state index is 11.9. The molecule has 1 aromatic rings. The minimum Gasteiger partial charge on any atom is -0.349 e. The fourth-order valence-corrected chi connectivity index (χ4v) is 2.92. The first-order valence-electron chi connectivity index (χ1n) is 6.35. The van der Waals surface area contributed by atoms with Crippen LogP contribution in [0.25, 0.3) is 0 Å². The molecular formula is C13H20N2OS. The first-order valence-corrected chi connectivity index (χ1v) is 7.29. The van der Waals surface area contributed by atoms with Crippen LogP contribution in [0.4, 0.5) is 0 Å². The Balaban J connectivity index is 1.76. The molecule has 94 valence electrons. The van der Waals surface area contributed by atoms with Gasteiger partial charge in [0.25, 0.3) is 5.91 Å². The van der Waals surface area contributed by atoms with Gasteiger partial charge in [-0.3, -0.25) is 4.79 Å². The number of likely N-dealkylation sites (tertiary alicyclic amines) is 1. The number of hydrogen-bond acceptors (Lipinski definition) is 3. The molecule has 0 saturated carbocycles. The van der Waals surface area contributed by atoms with Crippen LogP contribution < -0.4 is 5.32 Å². The van der Waals surface area contributed by atoms with Crippen molar-refractivity contribution in [3.8, 4) is 0 Å². The van der Waals surface area contributed by atoms with Gasteiger partial charge in [0.2, 0.25) is 0 Å². The van der Waals surface area contributed by atoms with Crippen LogP contribution in [0.15, 0.2) is 16.8 Å². The number of nitrogens with zero attached hydrogens (tertiary/aromatic N) is 1. The highest BCUT2D eigenvalue weighted by atomic mass is 32.1. The average Bonchev–Trinajstić information content (AvgIpc) is 2.86. The minimum absolute atomic E-state index is 0.0835. The molecule has 1 aliphatic heterocycles. The molecule has 4 heteroatoms. The van der Waals surface area contributed by atoms with E-state index in [0.717, 1.165) is 31.5 Å². The van der Waals surface area contributed by atoms with Crippen molar-refractivity contribution in [2.45, 2.75) is 32.2 Å². The number of amides is 1.